The van der Waals surface area contributed by atoms with Gasteiger partial charge in [0.25, 0.3) is 0 Å². The number of nitrogens with one attached hydrogen (secondary N) is 1. The van der Waals surface area contributed by atoms with Gasteiger partial charge in [-0.15, -0.1) is 11.8 Å². The Bertz CT molecular complexity index is 349. The molecule has 1 atom stereocenters. The molecule has 0 bridgehead atoms. The zero-order valence-corrected chi connectivity index (χ0v) is 11.0. The van der Waals surface area contributed by atoms with Gasteiger partial charge in [0.2, 0.25) is 5.91 Å². The molecule has 1 unspecified atom stereocenters. The normalized spacial score (nSPS) is 12.0. The van der Waals surface area contributed by atoms with Gasteiger partial charge in [0.15, 0.2) is 0 Å². The van der Waals surface area contributed by atoms with Gasteiger partial charge in [-0.25, -0.2) is 0 Å². The van der Waals surface area contributed by atoms with E-state index in [9.17, 15) is 4.79 Å². The first-order valence-corrected chi connectivity index (χ1v) is 6.39. The van der Waals surface area contributed by atoms with Crippen molar-refractivity contribution in [2.24, 2.45) is 0 Å². The summed E-state index contributed by atoms with van der Waals surface area (Å²) in [6.07, 6.45) is 2.04. The molecule has 3 nitrogen and oxygen atoms in total. The number of nitrogens with zero attached hydrogens (tertiary/aromatic N) is 1. The van der Waals surface area contributed by atoms with E-state index >= 15 is 0 Å². The molecule has 1 rings (SSSR count). The van der Waals surface area contributed by atoms with Crippen LogP contribution in [-0.2, 0) is 4.79 Å². The van der Waals surface area contributed by atoms with Crippen molar-refractivity contribution in [3.8, 4) is 0 Å². The second-order valence-electron chi connectivity index (χ2n) is 3.83. The number of hydrogen-bond donors (Lipinski definition) is 1. The van der Waals surface area contributed by atoms with Gasteiger partial charge in [-0.1, -0.05) is 0 Å². The molecule has 1 aromatic carbocycles. The summed E-state index contributed by atoms with van der Waals surface area (Å²) in [6.45, 7) is 1.87. The second kappa shape index (κ2) is 5.80. The van der Waals surface area contributed by atoms with Crippen LogP contribution in [0.2, 0.25) is 0 Å². The van der Waals surface area contributed by atoms with Crippen molar-refractivity contribution >= 4 is 23.4 Å². The summed E-state index contributed by atoms with van der Waals surface area (Å²) in [6, 6.07) is 7.87. The Kier molecular flexibility index (Phi) is 4.68. The summed E-state index contributed by atoms with van der Waals surface area (Å²) < 4.78 is 0. The lowest BCUT2D eigenvalue weighted by Gasteiger charge is -2.19. The quantitative estimate of drug-likeness (QED) is 0.817. The van der Waals surface area contributed by atoms with E-state index in [1.165, 1.54) is 4.90 Å². The molecule has 0 aromatic heterocycles. The number of rotatable bonds is 4. The Morgan fingerprint density at radius 1 is 1.31 bits per heavy atom. The Labute approximate surface area is 101 Å². The van der Waals surface area contributed by atoms with Gasteiger partial charge in [0.1, 0.15) is 6.04 Å². The van der Waals surface area contributed by atoms with Crippen LogP contribution in [0, 0.1) is 0 Å². The third-order valence-corrected chi connectivity index (χ3v) is 3.03. The van der Waals surface area contributed by atoms with Gasteiger partial charge in [-0.3, -0.25) is 4.79 Å². The Morgan fingerprint density at radius 2 is 1.88 bits per heavy atom. The van der Waals surface area contributed by atoms with Crippen molar-refractivity contribution in [3.63, 3.8) is 0 Å². The van der Waals surface area contributed by atoms with Crippen molar-refractivity contribution in [3.05, 3.63) is 24.3 Å². The molecule has 0 saturated carbocycles. The molecule has 0 heterocycles. The summed E-state index contributed by atoms with van der Waals surface area (Å²) in [5.41, 5.74) is 0.973. The predicted octanol–water partition coefficient (Wildman–Crippen LogP) is 2.30. The molecular formula is C12H18N2OS. The number of benzene rings is 1. The highest BCUT2D eigenvalue weighted by molar-refractivity contribution is 7.98. The zero-order chi connectivity index (χ0) is 12.1. The minimum absolute atomic E-state index is 0.0777. The molecule has 0 saturated heterocycles. The van der Waals surface area contributed by atoms with E-state index in [1.54, 1.807) is 30.8 Å². The third kappa shape index (κ3) is 3.45. The fraction of sp³-hybridized carbons (Fsp3) is 0.417. The number of carbonyl (C=O) groups excluding carboxylic acids is 1. The van der Waals surface area contributed by atoms with Crippen LogP contribution in [0.5, 0.6) is 0 Å². The molecule has 1 amide bonds. The van der Waals surface area contributed by atoms with Crippen molar-refractivity contribution in [2.75, 3.05) is 25.7 Å². The summed E-state index contributed by atoms with van der Waals surface area (Å²) in [5.74, 6) is 0.0777. The number of amides is 1. The first-order valence-electron chi connectivity index (χ1n) is 5.16. The molecule has 1 aromatic rings. The molecule has 1 N–H and O–H groups in total. The van der Waals surface area contributed by atoms with Gasteiger partial charge in [0.05, 0.1) is 0 Å². The molecule has 16 heavy (non-hydrogen) atoms. The Balaban J connectivity index is 2.62. The van der Waals surface area contributed by atoms with Crippen molar-refractivity contribution < 1.29 is 4.79 Å². The molecule has 88 valence electrons. The molecule has 0 aliphatic rings. The van der Waals surface area contributed by atoms with E-state index in [-0.39, 0.29) is 11.9 Å². The maximum Gasteiger partial charge on any atom is 0.244 e. The van der Waals surface area contributed by atoms with E-state index in [4.69, 9.17) is 0 Å². The Morgan fingerprint density at radius 3 is 2.31 bits per heavy atom. The lowest BCUT2D eigenvalue weighted by Crippen LogP contribution is -2.36. The topological polar surface area (TPSA) is 32.3 Å². The van der Waals surface area contributed by atoms with Crippen LogP contribution in [0.1, 0.15) is 6.92 Å². The predicted molar refractivity (Wildman–Crippen MR) is 70.0 cm³/mol. The second-order valence-corrected chi connectivity index (χ2v) is 4.71. The highest BCUT2D eigenvalue weighted by Gasteiger charge is 2.13. The Hall–Kier alpha value is -1.16. The molecule has 4 heteroatoms. The van der Waals surface area contributed by atoms with Crippen molar-refractivity contribution in [2.45, 2.75) is 17.9 Å². The summed E-state index contributed by atoms with van der Waals surface area (Å²) >= 11 is 1.70. The smallest absolute Gasteiger partial charge is 0.244 e. The van der Waals surface area contributed by atoms with Gasteiger partial charge >= 0.3 is 0 Å². The minimum atomic E-state index is -0.199. The van der Waals surface area contributed by atoms with Crippen LogP contribution in [0.15, 0.2) is 29.2 Å². The van der Waals surface area contributed by atoms with Crippen LogP contribution in [-0.4, -0.2) is 37.2 Å². The van der Waals surface area contributed by atoms with E-state index < -0.39 is 0 Å². The maximum atomic E-state index is 11.6. The molecule has 0 aliphatic heterocycles. The largest absolute Gasteiger partial charge is 0.374 e. The minimum Gasteiger partial charge on any atom is -0.374 e. The molecule has 0 spiro atoms. The summed E-state index contributed by atoms with van der Waals surface area (Å²) in [5, 5.41) is 3.17. The average Bonchev–Trinajstić information content (AvgIpc) is 2.28. The molecular weight excluding hydrogens is 220 g/mol. The number of thioether (sulfide) groups is 1. The van der Waals surface area contributed by atoms with Crippen LogP contribution in [0.4, 0.5) is 5.69 Å². The van der Waals surface area contributed by atoms with E-state index in [0.717, 1.165) is 5.69 Å². The lowest BCUT2D eigenvalue weighted by molar-refractivity contribution is -0.129. The monoisotopic (exact) mass is 238 g/mol. The van der Waals surface area contributed by atoms with Crippen LogP contribution in [0.25, 0.3) is 0 Å². The highest BCUT2D eigenvalue weighted by Crippen LogP contribution is 2.18. The average molecular weight is 238 g/mol. The number of carbonyl (C=O) groups is 1. The fourth-order valence-electron chi connectivity index (χ4n) is 1.39. The molecule has 0 aliphatic carbocycles. The number of anilines is 1. The van der Waals surface area contributed by atoms with Crippen LogP contribution < -0.4 is 5.32 Å². The standard InChI is InChI=1S/C12H18N2OS/c1-9(12(15)14(2)3)13-10-5-7-11(16-4)8-6-10/h5-9,13H,1-4H3. The number of hydrogen-bond acceptors (Lipinski definition) is 3. The molecule has 0 radical (unpaired) electrons. The fourth-order valence-corrected chi connectivity index (χ4v) is 1.79. The zero-order valence-electron chi connectivity index (χ0n) is 10.2. The van der Waals surface area contributed by atoms with Gasteiger partial charge in [-0.05, 0) is 37.4 Å². The lowest BCUT2D eigenvalue weighted by atomic mass is 10.2. The van der Waals surface area contributed by atoms with Gasteiger partial charge < -0.3 is 10.2 Å². The number of likely N-dealkylation sites (N-methyl/N-ethyl adjacent to an activating group) is 1. The van der Waals surface area contributed by atoms with Crippen molar-refractivity contribution in [1.29, 1.82) is 0 Å². The van der Waals surface area contributed by atoms with Gasteiger partial charge in [0, 0.05) is 24.7 Å². The van der Waals surface area contributed by atoms with Crippen LogP contribution in [0.3, 0.4) is 0 Å². The first kappa shape index (κ1) is 12.9. The van der Waals surface area contributed by atoms with Crippen LogP contribution >= 0.6 is 11.8 Å². The van der Waals surface area contributed by atoms with E-state index in [0.29, 0.717) is 0 Å². The van der Waals surface area contributed by atoms with E-state index in [2.05, 4.69) is 5.32 Å². The SMILES string of the molecule is CSc1ccc(NC(C)C(=O)N(C)C)cc1. The summed E-state index contributed by atoms with van der Waals surface area (Å²) in [7, 11) is 3.52. The first-order chi connectivity index (χ1) is 7.54. The van der Waals surface area contributed by atoms with E-state index in [1.807, 2.05) is 37.4 Å². The maximum absolute atomic E-state index is 11.6. The van der Waals surface area contributed by atoms with Gasteiger partial charge in [-0.2, -0.15) is 0 Å². The highest BCUT2D eigenvalue weighted by atomic mass is 32.2. The summed E-state index contributed by atoms with van der Waals surface area (Å²) in [4.78, 5) is 14.4. The van der Waals surface area contributed by atoms with Crippen molar-refractivity contribution in [1.82, 2.24) is 4.90 Å². The third-order valence-electron chi connectivity index (χ3n) is 2.28. The molecule has 0 fully saturated rings.